The summed E-state index contributed by atoms with van der Waals surface area (Å²) in [5.41, 5.74) is -0.0149. The highest BCUT2D eigenvalue weighted by Crippen LogP contribution is 2.47. The van der Waals surface area contributed by atoms with Crippen molar-refractivity contribution in [2.24, 2.45) is 0 Å². The number of likely N-dealkylation sites (N-methyl/N-ethyl adjacent to an activating group) is 1. The predicted molar refractivity (Wildman–Crippen MR) is 63.4 cm³/mol. The molecule has 1 aromatic carbocycles. The zero-order chi connectivity index (χ0) is 12.6. The molecule has 0 amide bonds. The van der Waals surface area contributed by atoms with E-state index in [2.05, 4.69) is 5.32 Å². The summed E-state index contributed by atoms with van der Waals surface area (Å²) in [4.78, 5) is 0.770. The van der Waals surface area contributed by atoms with E-state index < -0.39 is 11.7 Å². The zero-order valence-corrected chi connectivity index (χ0v) is 10.5. The molecular formula is C12H14F3NS. The molecule has 0 aliphatic carbocycles. The molecule has 5 heteroatoms. The quantitative estimate of drug-likeness (QED) is 0.874. The number of thioether (sulfide) groups is 1. The van der Waals surface area contributed by atoms with Gasteiger partial charge in [-0.2, -0.15) is 13.2 Å². The fourth-order valence-electron chi connectivity index (χ4n) is 2.16. The molecule has 1 aromatic rings. The van der Waals surface area contributed by atoms with Crippen LogP contribution in [0, 0.1) is 0 Å². The van der Waals surface area contributed by atoms with Crippen molar-refractivity contribution in [3.8, 4) is 0 Å². The fraction of sp³-hybridized carbons (Fsp3) is 0.500. The van der Waals surface area contributed by atoms with Crippen molar-refractivity contribution in [2.45, 2.75) is 30.0 Å². The number of hydrogen-bond acceptors (Lipinski definition) is 2. The molecule has 1 N–H and O–H groups in total. The van der Waals surface area contributed by atoms with E-state index in [1.54, 1.807) is 13.1 Å². The maximum absolute atomic E-state index is 13.0. The molecule has 1 heterocycles. The third-order valence-electron chi connectivity index (χ3n) is 3.22. The Bertz CT molecular complexity index is 417. The molecule has 0 aromatic heterocycles. The van der Waals surface area contributed by atoms with Crippen molar-refractivity contribution in [1.82, 2.24) is 5.32 Å². The molecule has 1 nitrogen and oxygen atoms in total. The van der Waals surface area contributed by atoms with Gasteiger partial charge in [-0.15, -0.1) is 11.8 Å². The normalized spacial score (nSPS) is 21.4. The monoisotopic (exact) mass is 261 g/mol. The number of benzene rings is 1. The van der Waals surface area contributed by atoms with Gasteiger partial charge in [-0.05, 0) is 31.7 Å². The molecule has 1 aliphatic rings. The molecule has 17 heavy (non-hydrogen) atoms. The van der Waals surface area contributed by atoms with E-state index in [1.165, 1.54) is 23.9 Å². The smallest absolute Gasteiger partial charge is 0.317 e. The van der Waals surface area contributed by atoms with Crippen molar-refractivity contribution in [3.05, 3.63) is 29.3 Å². The Morgan fingerprint density at radius 1 is 1.41 bits per heavy atom. The second-order valence-corrected chi connectivity index (χ2v) is 5.27. The number of fused-ring (bicyclic) bond motifs is 1. The average molecular weight is 261 g/mol. The van der Waals surface area contributed by atoms with Crippen molar-refractivity contribution in [2.75, 3.05) is 12.8 Å². The van der Waals surface area contributed by atoms with Crippen molar-refractivity contribution >= 4 is 11.8 Å². The van der Waals surface area contributed by atoms with Crippen LogP contribution in [0.15, 0.2) is 23.1 Å². The van der Waals surface area contributed by atoms with Gasteiger partial charge in [0.05, 0.1) is 5.56 Å². The van der Waals surface area contributed by atoms with Crippen LogP contribution in [0.2, 0.25) is 0 Å². The molecule has 0 saturated heterocycles. The van der Waals surface area contributed by atoms with Gasteiger partial charge < -0.3 is 5.32 Å². The minimum atomic E-state index is -4.26. The minimum absolute atomic E-state index is 0.0484. The first-order valence-electron chi connectivity index (χ1n) is 5.45. The van der Waals surface area contributed by atoms with Gasteiger partial charge in [0.2, 0.25) is 0 Å². The lowest BCUT2D eigenvalue weighted by molar-refractivity contribution is -0.138. The van der Waals surface area contributed by atoms with Gasteiger partial charge in [0.25, 0.3) is 0 Å². The maximum Gasteiger partial charge on any atom is 0.416 e. The van der Waals surface area contributed by atoms with E-state index in [0.29, 0.717) is 11.3 Å². The van der Waals surface area contributed by atoms with Crippen molar-refractivity contribution in [1.29, 1.82) is 0 Å². The molecule has 94 valence electrons. The summed E-state index contributed by atoms with van der Waals surface area (Å²) < 4.78 is 38.9. The van der Waals surface area contributed by atoms with E-state index in [4.69, 9.17) is 0 Å². The molecule has 2 unspecified atom stereocenters. The van der Waals surface area contributed by atoms with Gasteiger partial charge in [-0.25, -0.2) is 0 Å². The Labute approximate surface area is 103 Å². The summed E-state index contributed by atoms with van der Waals surface area (Å²) in [5.74, 6) is 0.641. The number of halogens is 3. The van der Waals surface area contributed by atoms with Crippen LogP contribution in [-0.4, -0.2) is 18.8 Å². The summed E-state index contributed by atoms with van der Waals surface area (Å²) in [6.45, 7) is 1.92. The topological polar surface area (TPSA) is 12.0 Å². The highest BCUT2D eigenvalue weighted by atomic mass is 32.2. The number of hydrogen-bond donors (Lipinski definition) is 1. The molecule has 0 spiro atoms. The van der Waals surface area contributed by atoms with Gasteiger partial charge in [0.15, 0.2) is 0 Å². The SMILES string of the molecule is CNC(C)C1CSc2cccc(C(F)(F)F)c21. The van der Waals surface area contributed by atoms with Crippen LogP contribution >= 0.6 is 11.8 Å². The average Bonchev–Trinajstić information content (AvgIpc) is 2.70. The predicted octanol–water partition coefficient (Wildman–Crippen LogP) is 3.50. The summed E-state index contributed by atoms with van der Waals surface area (Å²) in [6, 6.07) is 4.49. The third kappa shape index (κ3) is 2.31. The van der Waals surface area contributed by atoms with E-state index >= 15 is 0 Å². The number of rotatable bonds is 2. The van der Waals surface area contributed by atoms with E-state index in [1.807, 2.05) is 6.92 Å². The Hall–Kier alpha value is -0.680. The minimum Gasteiger partial charge on any atom is -0.317 e. The lowest BCUT2D eigenvalue weighted by atomic mass is 9.90. The molecule has 0 saturated carbocycles. The summed E-state index contributed by atoms with van der Waals surface area (Å²) >= 11 is 1.51. The molecular weight excluding hydrogens is 247 g/mol. The van der Waals surface area contributed by atoms with Crippen LogP contribution in [0.1, 0.15) is 24.0 Å². The molecule has 0 bridgehead atoms. The Morgan fingerprint density at radius 2 is 2.12 bits per heavy atom. The van der Waals surface area contributed by atoms with Gasteiger partial charge in [0.1, 0.15) is 0 Å². The second-order valence-electron chi connectivity index (χ2n) is 4.21. The maximum atomic E-state index is 13.0. The molecule has 0 radical (unpaired) electrons. The first-order valence-corrected chi connectivity index (χ1v) is 6.44. The fourth-order valence-corrected chi connectivity index (χ4v) is 3.56. The van der Waals surface area contributed by atoms with Crippen LogP contribution in [0.3, 0.4) is 0 Å². The van der Waals surface area contributed by atoms with Gasteiger partial charge >= 0.3 is 6.18 Å². The molecule has 1 aliphatic heterocycles. The summed E-state index contributed by atoms with van der Waals surface area (Å²) in [6.07, 6.45) is -4.26. The van der Waals surface area contributed by atoms with Crippen molar-refractivity contribution < 1.29 is 13.2 Å². The Kier molecular flexibility index (Phi) is 3.41. The lowest BCUT2D eigenvalue weighted by Crippen LogP contribution is -2.30. The van der Waals surface area contributed by atoms with Gasteiger partial charge in [-0.3, -0.25) is 0 Å². The van der Waals surface area contributed by atoms with Crippen LogP contribution in [-0.2, 0) is 6.18 Å². The first-order chi connectivity index (χ1) is 7.95. The van der Waals surface area contributed by atoms with Gasteiger partial charge in [0, 0.05) is 22.6 Å². The second kappa shape index (κ2) is 4.53. The van der Waals surface area contributed by atoms with Crippen LogP contribution in [0.5, 0.6) is 0 Å². The van der Waals surface area contributed by atoms with Crippen LogP contribution < -0.4 is 5.32 Å². The Morgan fingerprint density at radius 3 is 2.71 bits per heavy atom. The highest BCUT2D eigenvalue weighted by molar-refractivity contribution is 7.99. The van der Waals surface area contributed by atoms with Crippen LogP contribution in [0.25, 0.3) is 0 Å². The molecule has 0 fully saturated rings. The molecule has 2 rings (SSSR count). The van der Waals surface area contributed by atoms with E-state index in [0.717, 1.165) is 4.90 Å². The standard InChI is InChI=1S/C12H14F3NS/c1-7(16-2)8-6-17-10-5-3-4-9(11(8)10)12(13,14)15/h3-5,7-8,16H,6H2,1-2H3. The largest absolute Gasteiger partial charge is 0.416 e. The van der Waals surface area contributed by atoms with E-state index in [-0.39, 0.29) is 12.0 Å². The molecule has 2 atom stereocenters. The first kappa shape index (κ1) is 12.8. The van der Waals surface area contributed by atoms with Crippen molar-refractivity contribution in [3.63, 3.8) is 0 Å². The lowest BCUT2D eigenvalue weighted by Gasteiger charge is -2.22. The van der Waals surface area contributed by atoms with Crippen LogP contribution in [0.4, 0.5) is 13.2 Å². The van der Waals surface area contributed by atoms with E-state index in [9.17, 15) is 13.2 Å². The number of alkyl halides is 3. The highest BCUT2D eigenvalue weighted by Gasteiger charge is 2.39. The summed E-state index contributed by atoms with van der Waals surface area (Å²) in [7, 11) is 1.78. The number of nitrogens with one attached hydrogen (secondary N) is 1. The zero-order valence-electron chi connectivity index (χ0n) is 9.64. The Balaban J connectivity index is 2.49. The van der Waals surface area contributed by atoms with Gasteiger partial charge in [-0.1, -0.05) is 6.07 Å². The third-order valence-corrected chi connectivity index (χ3v) is 4.41. The summed E-state index contributed by atoms with van der Waals surface area (Å²) in [5, 5.41) is 3.05.